The second-order valence-corrected chi connectivity index (χ2v) is 7.15. The minimum Gasteiger partial charge on any atom is -0.417 e. The Morgan fingerprint density at radius 2 is 2.19 bits per heavy atom. The van der Waals surface area contributed by atoms with Crippen molar-refractivity contribution in [3.8, 4) is 11.9 Å². The highest BCUT2D eigenvalue weighted by molar-refractivity contribution is 6.03. The first-order valence-electron chi connectivity index (χ1n) is 8.47. The van der Waals surface area contributed by atoms with Crippen LogP contribution in [0, 0.1) is 22.7 Å². The number of rotatable bonds is 6. The van der Waals surface area contributed by atoms with E-state index in [-0.39, 0.29) is 34.6 Å². The second-order valence-electron chi connectivity index (χ2n) is 7.15. The third-order valence-corrected chi connectivity index (χ3v) is 4.53. The highest BCUT2D eigenvalue weighted by Gasteiger charge is 2.36. The summed E-state index contributed by atoms with van der Waals surface area (Å²) in [6.45, 7) is 1.07. The van der Waals surface area contributed by atoms with E-state index in [1.54, 1.807) is 13.1 Å². The SMILES string of the molecule is CN(CC[C@H]1C=C(C#N)C(=O)C(C)(C)C1)C(=O)c1ccc(OC(F)F)nc1. The fraction of sp³-hybridized carbons (Fsp3) is 0.474. The normalized spacial score (nSPS) is 18.6. The number of aromatic nitrogens is 1. The highest BCUT2D eigenvalue weighted by Crippen LogP contribution is 2.36. The molecule has 1 heterocycles. The number of nitriles is 1. The maximum atomic E-state index is 12.4. The van der Waals surface area contributed by atoms with Gasteiger partial charge >= 0.3 is 6.61 Å². The summed E-state index contributed by atoms with van der Waals surface area (Å²) in [5.74, 6) is -0.695. The van der Waals surface area contributed by atoms with Gasteiger partial charge in [0.1, 0.15) is 6.07 Å². The molecule has 0 bridgehead atoms. The molecule has 6 nitrogen and oxygen atoms in total. The summed E-state index contributed by atoms with van der Waals surface area (Å²) in [7, 11) is 1.62. The van der Waals surface area contributed by atoms with Crippen LogP contribution < -0.4 is 4.74 Å². The number of nitrogens with zero attached hydrogens (tertiary/aromatic N) is 3. The van der Waals surface area contributed by atoms with Crippen LogP contribution in [0.2, 0.25) is 0 Å². The molecule has 0 spiro atoms. The molecule has 0 fully saturated rings. The van der Waals surface area contributed by atoms with E-state index in [2.05, 4.69) is 9.72 Å². The lowest BCUT2D eigenvalue weighted by molar-refractivity contribution is -0.124. The Balaban J connectivity index is 1.98. The quantitative estimate of drug-likeness (QED) is 0.760. The van der Waals surface area contributed by atoms with Gasteiger partial charge in [-0.15, -0.1) is 0 Å². The first-order valence-corrected chi connectivity index (χ1v) is 8.47. The van der Waals surface area contributed by atoms with Gasteiger partial charge in [-0.05, 0) is 24.8 Å². The number of carbonyl (C=O) groups is 2. The van der Waals surface area contributed by atoms with E-state index in [0.29, 0.717) is 19.4 Å². The van der Waals surface area contributed by atoms with E-state index in [9.17, 15) is 18.4 Å². The zero-order valence-corrected chi connectivity index (χ0v) is 15.4. The number of halogens is 2. The summed E-state index contributed by atoms with van der Waals surface area (Å²) in [6.07, 6.45) is 4.08. The van der Waals surface area contributed by atoms with Crippen molar-refractivity contribution in [3.05, 3.63) is 35.5 Å². The molecule has 0 unspecified atom stereocenters. The summed E-state index contributed by atoms with van der Waals surface area (Å²) >= 11 is 0. The minimum atomic E-state index is -2.97. The molecule has 0 saturated heterocycles. The van der Waals surface area contributed by atoms with Gasteiger partial charge in [0.25, 0.3) is 5.91 Å². The first kappa shape index (κ1) is 20.5. The van der Waals surface area contributed by atoms with Crippen molar-refractivity contribution >= 4 is 11.7 Å². The largest absolute Gasteiger partial charge is 0.417 e. The van der Waals surface area contributed by atoms with Gasteiger partial charge < -0.3 is 9.64 Å². The fourth-order valence-electron chi connectivity index (χ4n) is 3.11. The lowest BCUT2D eigenvalue weighted by atomic mass is 9.71. The van der Waals surface area contributed by atoms with Crippen LogP contribution in [0.5, 0.6) is 5.88 Å². The molecular formula is C19H21F2N3O3. The van der Waals surface area contributed by atoms with Gasteiger partial charge in [-0.2, -0.15) is 14.0 Å². The maximum absolute atomic E-state index is 12.4. The van der Waals surface area contributed by atoms with Gasteiger partial charge in [0, 0.05) is 31.3 Å². The smallest absolute Gasteiger partial charge is 0.388 e. The van der Waals surface area contributed by atoms with E-state index >= 15 is 0 Å². The highest BCUT2D eigenvalue weighted by atomic mass is 19.3. The molecule has 1 aliphatic carbocycles. The number of hydrogen-bond acceptors (Lipinski definition) is 5. The molecule has 0 saturated carbocycles. The molecule has 2 rings (SSSR count). The topological polar surface area (TPSA) is 83.3 Å². The number of allylic oxidation sites excluding steroid dienone is 2. The first-order chi connectivity index (χ1) is 12.6. The Morgan fingerprint density at radius 1 is 1.48 bits per heavy atom. The predicted molar refractivity (Wildman–Crippen MR) is 93.0 cm³/mol. The molecule has 27 heavy (non-hydrogen) atoms. The molecular weight excluding hydrogens is 356 g/mol. The molecule has 1 amide bonds. The maximum Gasteiger partial charge on any atom is 0.388 e. The number of pyridine rings is 1. The minimum absolute atomic E-state index is 0.0162. The predicted octanol–water partition coefficient (Wildman–Crippen LogP) is 3.21. The molecule has 0 N–H and O–H groups in total. The van der Waals surface area contributed by atoms with E-state index in [1.165, 1.54) is 23.2 Å². The number of hydrogen-bond donors (Lipinski definition) is 0. The van der Waals surface area contributed by atoms with Crippen LogP contribution in [0.25, 0.3) is 0 Å². The third kappa shape index (κ3) is 5.09. The number of ether oxygens (including phenoxy) is 1. The molecule has 1 aromatic rings. The van der Waals surface area contributed by atoms with Crippen molar-refractivity contribution in [1.29, 1.82) is 5.26 Å². The third-order valence-electron chi connectivity index (χ3n) is 4.53. The zero-order chi connectivity index (χ0) is 20.2. The second kappa shape index (κ2) is 8.25. The summed E-state index contributed by atoms with van der Waals surface area (Å²) in [4.78, 5) is 29.7. The van der Waals surface area contributed by atoms with Gasteiger partial charge in [0.15, 0.2) is 5.78 Å². The molecule has 1 atom stereocenters. The molecule has 8 heteroatoms. The van der Waals surface area contributed by atoms with E-state index in [0.717, 1.165) is 0 Å². The van der Waals surface area contributed by atoms with Crippen molar-refractivity contribution in [1.82, 2.24) is 9.88 Å². The Labute approximate surface area is 156 Å². The lowest BCUT2D eigenvalue weighted by Crippen LogP contribution is -2.34. The van der Waals surface area contributed by atoms with Crippen LogP contribution in [0.15, 0.2) is 30.0 Å². The van der Waals surface area contributed by atoms with Gasteiger partial charge in [-0.25, -0.2) is 4.98 Å². The van der Waals surface area contributed by atoms with Crippen LogP contribution in [-0.2, 0) is 4.79 Å². The van der Waals surface area contributed by atoms with E-state index in [4.69, 9.17) is 5.26 Å². The van der Waals surface area contributed by atoms with Crippen molar-refractivity contribution in [2.24, 2.45) is 11.3 Å². The lowest BCUT2D eigenvalue weighted by Gasteiger charge is -2.32. The van der Waals surface area contributed by atoms with Crippen molar-refractivity contribution in [3.63, 3.8) is 0 Å². The molecule has 1 aromatic heterocycles. The summed E-state index contributed by atoms with van der Waals surface area (Å²) in [5, 5.41) is 9.13. The number of Topliss-reactive ketones (excluding diaryl/α,β-unsaturated/α-hetero) is 1. The summed E-state index contributed by atoms with van der Waals surface area (Å²) < 4.78 is 28.4. The van der Waals surface area contributed by atoms with Crippen molar-refractivity contribution < 1.29 is 23.1 Å². The van der Waals surface area contributed by atoms with E-state index < -0.39 is 12.0 Å². The van der Waals surface area contributed by atoms with Crippen molar-refractivity contribution in [2.75, 3.05) is 13.6 Å². The summed E-state index contributed by atoms with van der Waals surface area (Å²) in [6, 6.07) is 4.54. The number of amides is 1. The number of ketones is 1. The Bertz CT molecular complexity index is 782. The van der Waals surface area contributed by atoms with Crippen LogP contribution in [0.4, 0.5) is 8.78 Å². The fourth-order valence-corrected chi connectivity index (χ4v) is 3.11. The summed E-state index contributed by atoms with van der Waals surface area (Å²) in [5.41, 5.74) is -0.173. The van der Waals surface area contributed by atoms with Crippen LogP contribution >= 0.6 is 0 Å². The molecule has 1 aliphatic rings. The average molecular weight is 377 g/mol. The van der Waals surface area contributed by atoms with E-state index in [1.807, 2.05) is 19.9 Å². The Hall–Kier alpha value is -2.82. The van der Waals surface area contributed by atoms with Gasteiger partial charge in [0.2, 0.25) is 5.88 Å². The molecule has 0 aliphatic heterocycles. The van der Waals surface area contributed by atoms with Crippen LogP contribution in [0.1, 0.15) is 37.0 Å². The van der Waals surface area contributed by atoms with Gasteiger partial charge in [-0.3, -0.25) is 9.59 Å². The number of carbonyl (C=O) groups excluding carboxylic acids is 2. The molecule has 0 radical (unpaired) electrons. The zero-order valence-electron chi connectivity index (χ0n) is 15.4. The monoisotopic (exact) mass is 377 g/mol. The van der Waals surface area contributed by atoms with Crippen molar-refractivity contribution in [2.45, 2.75) is 33.3 Å². The number of alkyl halides is 2. The van der Waals surface area contributed by atoms with Gasteiger partial charge in [-0.1, -0.05) is 19.9 Å². The Morgan fingerprint density at radius 3 is 2.74 bits per heavy atom. The van der Waals surface area contributed by atoms with Crippen LogP contribution in [0.3, 0.4) is 0 Å². The molecule has 0 aromatic carbocycles. The standard InChI is InChI=1S/C19H21F2N3O3/c1-19(2)9-12(8-14(10-22)16(19)25)6-7-24(3)17(26)13-4-5-15(23-11-13)27-18(20)21/h4-5,8,11-12,18H,6-7,9H2,1-3H3/t12-/m0/s1. The van der Waals surface area contributed by atoms with Gasteiger partial charge in [0.05, 0.1) is 11.1 Å². The average Bonchev–Trinajstić information content (AvgIpc) is 2.61. The Kier molecular flexibility index (Phi) is 6.26. The molecule has 144 valence electrons. The van der Waals surface area contributed by atoms with Crippen LogP contribution in [-0.4, -0.2) is 41.8 Å².